The SMILES string of the molecule is O=Cc1ccc(C(C2CCCCC2)C2CC(C3CCC4C(O)CCC4N3)C3(O)CN23)cc1. The van der Waals surface area contributed by atoms with Crippen molar-refractivity contribution < 1.29 is 15.0 Å². The van der Waals surface area contributed by atoms with Gasteiger partial charge in [-0.05, 0) is 56.4 Å². The van der Waals surface area contributed by atoms with Gasteiger partial charge in [-0.25, -0.2) is 0 Å². The van der Waals surface area contributed by atoms with Gasteiger partial charge in [0.1, 0.15) is 12.0 Å². The minimum Gasteiger partial charge on any atom is -0.393 e. The van der Waals surface area contributed by atoms with E-state index in [1.54, 1.807) is 0 Å². The molecule has 3 saturated heterocycles. The van der Waals surface area contributed by atoms with Crippen molar-refractivity contribution in [3.05, 3.63) is 35.4 Å². The van der Waals surface area contributed by atoms with Crippen molar-refractivity contribution >= 4 is 6.29 Å². The van der Waals surface area contributed by atoms with Crippen molar-refractivity contribution in [3.8, 4) is 0 Å². The molecule has 2 saturated carbocycles. The van der Waals surface area contributed by atoms with Gasteiger partial charge >= 0.3 is 0 Å². The van der Waals surface area contributed by atoms with Crippen molar-refractivity contribution in [3.63, 3.8) is 0 Å². The zero-order valence-electron chi connectivity index (χ0n) is 19.0. The number of piperidine rings is 2. The predicted molar refractivity (Wildman–Crippen MR) is 123 cm³/mol. The third-order valence-electron chi connectivity index (χ3n) is 9.83. The zero-order chi connectivity index (χ0) is 21.9. The Kier molecular flexibility index (Phi) is 5.45. The highest BCUT2D eigenvalue weighted by Gasteiger charge is 2.68. The molecule has 3 heterocycles. The molecule has 0 spiro atoms. The van der Waals surface area contributed by atoms with Crippen LogP contribution in [0.1, 0.15) is 86.0 Å². The van der Waals surface area contributed by atoms with Gasteiger partial charge < -0.3 is 15.5 Å². The highest BCUT2D eigenvalue weighted by molar-refractivity contribution is 5.74. The molecule has 1 aromatic rings. The summed E-state index contributed by atoms with van der Waals surface area (Å²) in [6.07, 6.45) is 12.5. The Morgan fingerprint density at radius 3 is 2.50 bits per heavy atom. The molecule has 5 heteroatoms. The van der Waals surface area contributed by atoms with Gasteiger partial charge in [0, 0.05) is 48.0 Å². The minimum atomic E-state index is -0.651. The highest BCUT2D eigenvalue weighted by Crippen LogP contribution is 2.57. The topological polar surface area (TPSA) is 72.6 Å². The van der Waals surface area contributed by atoms with Gasteiger partial charge in [-0.15, -0.1) is 0 Å². The Labute approximate surface area is 191 Å². The molecule has 32 heavy (non-hydrogen) atoms. The van der Waals surface area contributed by atoms with E-state index in [4.69, 9.17) is 0 Å². The van der Waals surface area contributed by atoms with Crippen LogP contribution in [0.15, 0.2) is 24.3 Å². The fraction of sp³-hybridized carbons (Fsp3) is 0.741. The highest BCUT2D eigenvalue weighted by atomic mass is 16.3. The number of hydrogen-bond acceptors (Lipinski definition) is 5. The molecule has 3 aliphatic heterocycles. The van der Waals surface area contributed by atoms with E-state index in [0.717, 1.165) is 50.5 Å². The lowest BCUT2D eigenvalue weighted by Crippen LogP contribution is -2.52. The molecule has 9 unspecified atom stereocenters. The predicted octanol–water partition coefficient (Wildman–Crippen LogP) is 3.45. The number of aliphatic hydroxyl groups excluding tert-OH is 1. The second-order valence-electron chi connectivity index (χ2n) is 11.4. The molecule has 9 atom stereocenters. The molecule has 6 rings (SSSR count). The van der Waals surface area contributed by atoms with Crippen LogP contribution in [0.5, 0.6) is 0 Å². The summed E-state index contributed by atoms with van der Waals surface area (Å²) in [5, 5.41) is 25.8. The lowest BCUT2D eigenvalue weighted by atomic mass is 9.71. The summed E-state index contributed by atoms with van der Waals surface area (Å²) in [5.41, 5.74) is 1.43. The number of aldehydes is 1. The number of hydrogen-bond donors (Lipinski definition) is 3. The normalized spacial score (nSPS) is 44.6. The Hall–Kier alpha value is -1.27. The molecule has 5 aliphatic rings. The summed E-state index contributed by atoms with van der Waals surface area (Å²) >= 11 is 0. The maximum absolute atomic E-state index is 11.6. The van der Waals surface area contributed by atoms with E-state index in [1.807, 2.05) is 12.1 Å². The zero-order valence-corrected chi connectivity index (χ0v) is 19.0. The lowest BCUT2D eigenvalue weighted by Gasteiger charge is -2.40. The summed E-state index contributed by atoms with van der Waals surface area (Å²) < 4.78 is 0. The molecule has 0 aromatic heterocycles. The average Bonchev–Trinajstić information content (AvgIpc) is 3.26. The fourth-order valence-corrected chi connectivity index (χ4v) is 8.15. The quantitative estimate of drug-likeness (QED) is 0.485. The van der Waals surface area contributed by atoms with Crippen molar-refractivity contribution in [1.29, 1.82) is 0 Å². The van der Waals surface area contributed by atoms with Crippen LogP contribution in [-0.4, -0.2) is 57.9 Å². The van der Waals surface area contributed by atoms with E-state index in [0.29, 0.717) is 35.9 Å². The second-order valence-corrected chi connectivity index (χ2v) is 11.4. The van der Waals surface area contributed by atoms with Gasteiger partial charge in [0.05, 0.1) is 6.10 Å². The minimum absolute atomic E-state index is 0.143. The Morgan fingerprint density at radius 1 is 1.00 bits per heavy atom. The van der Waals surface area contributed by atoms with Gasteiger partial charge in [0.2, 0.25) is 0 Å². The van der Waals surface area contributed by atoms with Crippen molar-refractivity contribution in [2.45, 2.75) is 100 Å². The number of fused-ring (bicyclic) bond motifs is 2. The van der Waals surface area contributed by atoms with Gasteiger partial charge in [-0.3, -0.25) is 9.69 Å². The number of benzene rings is 1. The molecule has 2 aliphatic carbocycles. The molecule has 3 N–H and O–H groups in total. The molecule has 0 amide bonds. The van der Waals surface area contributed by atoms with Crippen LogP contribution in [0.2, 0.25) is 0 Å². The van der Waals surface area contributed by atoms with Gasteiger partial charge in [-0.1, -0.05) is 43.5 Å². The summed E-state index contributed by atoms with van der Waals surface area (Å²) in [6, 6.07) is 9.42. The van der Waals surface area contributed by atoms with Gasteiger partial charge in [-0.2, -0.15) is 0 Å². The third kappa shape index (κ3) is 3.48. The maximum Gasteiger partial charge on any atom is 0.150 e. The van der Waals surface area contributed by atoms with E-state index >= 15 is 0 Å². The first-order valence-electron chi connectivity index (χ1n) is 13.1. The molecule has 1 aromatic carbocycles. The van der Waals surface area contributed by atoms with E-state index in [-0.39, 0.29) is 12.0 Å². The number of nitrogens with one attached hydrogen (secondary N) is 1. The van der Waals surface area contributed by atoms with Crippen molar-refractivity contribution in [2.75, 3.05) is 6.54 Å². The molecule has 0 radical (unpaired) electrons. The number of carbonyl (C=O) groups excluding carboxylic acids is 1. The van der Waals surface area contributed by atoms with Gasteiger partial charge in [0.15, 0.2) is 0 Å². The fourth-order valence-electron chi connectivity index (χ4n) is 8.15. The Morgan fingerprint density at radius 2 is 1.75 bits per heavy atom. The standard InChI is InChI=1S/C27H38N2O3/c30-15-17-6-8-19(9-7-17)26(18-4-2-1-3-5-18)24-14-21(27(32)16-29(24)27)23-11-10-20-22(28-23)12-13-25(20)31/h6-9,15,18,20-26,28,31-32H,1-5,10-14,16H2. The van der Waals surface area contributed by atoms with E-state index in [9.17, 15) is 15.0 Å². The summed E-state index contributed by atoms with van der Waals surface area (Å²) in [4.78, 5) is 13.6. The van der Waals surface area contributed by atoms with Crippen LogP contribution in [0.3, 0.4) is 0 Å². The van der Waals surface area contributed by atoms with Crippen molar-refractivity contribution in [1.82, 2.24) is 10.2 Å². The van der Waals surface area contributed by atoms with Crippen LogP contribution < -0.4 is 5.32 Å². The summed E-state index contributed by atoms with van der Waals surface area (Å²) in [6.45, 7) is 0.798. The van der Waals surface area contributed by atoms with E-state index in [1.165, 1.54) is 37.7 Å². The van der Waals surface area contributed by atoms with Crippen LogP contribution in [-0.2, 0) is 0 Å². The average molecular weight is 439 g/mol. The molecule has 5 fully saturated rings. The summed E-state index contributed by atoms with van der Waals surface area (Å²) in [5.74, 6) is 1.76. The molecule has 174 valence electrons. The number of carbonyl (C=O) groups is 1. The smallest absolute Gasteiger partial charge is 0.150 e. The Bertz CT molecular complexity index is 838. The van der Waals surface area contributed by atoms with Crippen molar-refractivity contribution in [2.24, 2.45) is 17.8 Å². The monoisotopic (exact) mass is 438 g/mol. The molecular weight excluding hydrogens is 400 g/mol. The number of aliphatic hydroxyl groups is 2. The van der Waals surface area contributed by atoms with Crippen LogP contribution in [0, 0.1) is 17.8 Å². The molecular formula is C27H38N2O3. The second kappa shape index (κ2) is 8.19. The van der Waals surface area contributed by atoms with Crippen LogP contribution in [0.4, 0.5) is 0 Å². The molecule has 0 bridgehead atoms. The number of rotatable bonds is 5. The summed E-state index contributed by atoms with van der Waals surface area (Å²) in [7, 11) is 0. The third-order valence-corrected chi connectivity index (χ3v) is 9.83. The number of nitrogens with zero attached hydrogens (tertiary/aromatic N) is 1. The first-order chi connectivity index (χ1) is 15.6. The first-order valence-corrected chi connectivity index (χ1v) is 13.1. The first kappa shape index (κ1) is 21.3. The Balaban J connectivity index is 1.25. The largest absolute Gasteiger partial charge is 0.393 e. The van der Waals surface area contributed by atoms with Crippen LogP contribution in [0.25, 0.3) is 0 Å². The molecule has 5 nitrogen and oxygen atoms in total. The maximum atomic E-state index is 11.6. The van der Waals surface area contributed by atoms with E-state index in [2.05, 4.69) is 22.3 Å². The van der Waals surface area contributed by atoms with Crippen LogP contribution >= 0.6 is 0 Å². The van der Waals surface area contributed by atoms with Gasteiger partial charge in [0.25, 0.3) is 0 Å². The van der Waals surface area contributed by atoms with E-state index < -0.39 is 5.72 Å². The lowest BCUT2D eigenvalue weighted by molar-refractivity contribution is 0.0243.